The number of hydrogen-bond donors (Lipinski definition) is 1. The minimum Gasteiger partial charge on any atom is -0.379 e. The smallest absolute Gasteiger partial charge is 0.268 e. The van der Waals surface area contributed by atoms with Gasteiger partial charge in [0, 0.05) is 30.7 Å². The van der Waals surface area contributed by atoms with Crippen LogP contribution in [0.2, 0.25) is 5.02 Å². The molecule has 0 unspecified atom stereocenters. The van der Waals surface area contributed by atoms with Crippen LogP contribution in [-0.2, 0) is 18.2 Å². The highest BCUT2D eigenvalue weighted by Crippen LogP contribution is 2.26. The van der Waals surface area contributed by atoms with E-state index in [1.54, 1.807) is 12.4 Å². The zero-order chi connectivity index (χ0) is 18.1. The molecule has 3 heterocycles. The maximum absolute atomic E-state index is 12.9. The van der Waals surface area contributed by atoms with Crippen molar-refractivity contribution >= 4 is 28.4 Å². The van der Waals surface area contributed by atoms with E-state index in [1.807, 2.05) is 48.0 Å². The zero-order valence-electron chi connectivity index (χ0n) is 14.5. The number of nitrogens with zero attached hydrogens (tertiary/aromatic N) is 2. The van der Waals surface area contributed by atoms with Crippen molar-refractivity contribution in [1.82, 2.24) is 14.9 Å². The third-order valence-electron chi connectivity index (χ3n) is 5.00. The summed E-state index contributed by atoms with van der Waals surface area (Å²) >= 11 is 6.29. The molecule has 6 heteroatoms. The molecule has 134 valence electrons. The molecule has 1 fully saturated rings. The average molecular weight is 370 g/mol. The van der Waals surface area contributed by atoms with E-state index >= 15 is 0 Å². The van der Waals surface area contributed by atoms with Crippen LogP contribution in [0, 0.1) is 5.92 Å². The van der Waals surface area contributed by atoms with Crippen molar-refractivity contribution in [3.63, 3.8) is 0 Å². The first-order valence-electron chi connectivity index (χ1n) is 8.65. The first-order chi connectivity index (χ1) is 12.6. The number of nitrogens with one attached hydrogen (secondary N) is 1. The van der Waals surface area contributed by atoms with Gasteiger partial charge in [0.25, 0.3) is 5.91 Å². The normalized spacial score (nSPS) is 19.8. The van der Waals surface area contributed by atoms with Crippen LogP contribution in [0.4, 0.5) is 0 Å². The third kappa shape index (κ3) is 3.20. The number of benzene rings is 1. The highest BCUT2D eigenvalue weighted by Gasteiger charge is 2.30. The van der Waals surface area contributed by atoms with Gasteiger partial charge in [-0.05, 0) is 36.2 Å². The second kappa shape index (κ2) is 7.09. The molecule has 3 aromatic rings. The van der Waals surface area contributed by atoms with Crippen LogP contribution in [0.25, 0.3) is 10.9 Å². The van der Waals surface area contributed by atoms with Crippen LogP contribution in [0.1, 0.15) is 16.1 Å². The van der Waals surface area contributed by atoms with Crippen molar-refractivity contribution in [2.75, 3.05) is 13.2 Å². The molecule has 1 aromatic carbocycles. The van der Waals surface area contributed by atoms with Crippen molar-refractivity contribution in [3.05, 3.63) is 65.1 Å². The molecule has 1 aliphatic rings. The molecule has 5 nitrogen and oxygen atoms in total. The number of halogens is 1. The van der Waals surface area contributed by atoms with Crippen molar-refractivity contribution < 1.29 is 9.53 Å². The van der Waals surface area contributed by atoms with Gasteiger partial charge in [-0.2, -0.15) is 0 Å². The number of rotatable bonds is 4. The van der Waals surface area contributed by atoms with Gasteiger partial charge in [-0.15, -0.1) is 0 Å². The van der Waals surface area contributed by atoms with E-state index in [0.717, 1.165) is 17.3 Å². The van der Waals surface area contributed by atoms with E-state index in [2.05, 4.69) is 10.3 Å². The molecule has 1 saturated heterocycles. The van der Waals surface area contributed by atoms with Crippen LogP contribution in [-0.4, -0.2) is 34.7 Å². The number of fused-ring (bicyclic) bond motifs is 1. The molecule has 1 amide bonds. The van der Waals surface area contributed by atoms with Crippen molar-refractivity contribution in [2.24, 2.45) is 13.0 Å². The lowest BCUT2D eigenvalue weighted by Gasteiger charge is -2.19. The first-order valence-corrected chi connectivity index (χ1v) is 9.02. The van der Waals surface area contributed by atoms with Gasteiger partial charge >= 0.3 is 0 Å². The van der Waals surface area contributed by atoms with E-state index in [0.29, 0.717) is 23.9 Å². The molecule has 4 rings (SSSR count). The summed E-state index contributed by atoms with van der Waals surface area (Å²) in [6.45, 7) is 1.18. The molecule has 0 saturated carbocycles. The summed E-state index contributed by atoms with van der Waals surface area (Å²) in [5.41, 5.74) is 2.67. The predicted octanol–water partition coefficient (Wildman–Crippen LogP) is 3.21. The molecule has 1 aliphatic heterocycles. The molecule has 0 bridgehead atoms. The average Bonchev–Trinajstić information content (AvgIpc) is 3.21. The molecular weight excluding hydrogens is 350 g/mol. The van der Waals surface area contributed by atoms with E-state index < -0.39 is 0 Å². The summed E-state index contributed by atoms with van der Waals surface area (Å²) in [6.07, 6.45) is 4.43. The number of para-hydroxylation sites is 1. The zero-order valence-corrected chi connectivity index (χ0v) is 15.2. The Labute approximate surface area is 156 Å². The van der Waals surface area contributed by atoms with Gasteiger partial charge in [0.2, 0.25) is 0 Å². The maximum atomic E-state index is 12.9. The van der Waals surface area contributed by atoms with E-state index in [1.165, 1.54) is 5.56 Å². The topological polar surface area (TPSA) is 56.2 Å². The van der Waals surface area contributed by atoms with E-state index in [-0.39, 0.29) is 17.9 Å². The number of aromatic nitrogens is 2. The summed E-state index contributed by atoms with van der Waals surface area (Å²) in [5.74, 6) is 0.148. The van der Waals surface area contributed by atoms with Gasteiger partial charge < -0.3 is 14.6 Å². The van der Waals surface area contributed by atoms with Crippen LogP contribution < -0.4 is 5.32 Å². The maximum Gasteiger partial charge on any atom is 0.268 e. The first kappa shape index (κ1) is 17.1. The number of amides is 1. The quantitative estimate of drug-likeness (QED) is 0.768. The Kier molecular flexibility index (Phi) is 4.66. The van der Waals surface area contributed by atoms with Crippen molar-refractivity contribution in [1.29, 1.82) is 0 Å². The summed E-state index contributed by atoms with van der Waals surface area (Å²) in [5, 5.41) is 4.75. The number of aryl methyl sites for hydroxylation is 1. The molecule has 2 aromatic heterocycles. The number of carbonyl (C=O) groups excluding carboxylic acids is 1. The fourth-order valence-electron chi connectivity index (χ4n) is 3.61. The lowest BCUT2D eigenvalue weighted by atomic mass is 9.95. The Morgan fingerprint density at radius 3 is 2.88 bits per heavy atom. The standard InChI is InChI=1S/C20H20ClN3O2/c1-24-18(10-14-3-2-4-16(21)19(14)24)20(25)23-17-12-26-11-15(17)9-13-5-7-22-8-6-13/h2-8,10,15,17H,9,11-12H2,1H3,(H,23,25)/t15-,17-/m1/s1. The van der Waals surface area contributed by atoms with Gasteiger partial charge in [0.15, 0.2) is 0 Å². The van der Waals surface area contributed by atoms with E-state index in [9.17, 15) is 4.79 Å². The monoisotopic (exact) mass is 369 g/mol. The van der Waals surface area contributed by atoms with Gasteiger partial charge in [-0.3, -0.25) is 9.78 Å². The molecule has 0 radical (unpaired) electrons. The van der Waals surface area contributed by atoms with Crippen LogP contribution in [0.15, 0.2) is 48.8 Å². The van der Waals surface area contributed by atoms with Gasteiger partial charge in [0.05, 0.1) is 29.8 Å². The van der Waals surface area contributed by atoms with Crippen molar-refractivity contribution in [2.45, 2.75) is 12.5 Å². The lowest BCUT2D eigenvalue weighted by Crippen LogP contribution is -2.41. The summed E-state index contributed by atoms with van der Waals surface area (Å²) < 4.78 is 7.48. The Balaban J connectivity index is 1.52. The second-order valence-electron chi connectivity index (χ2n) is 6.70. The number of carbonyl (C=O) groups is 1. The number of ether oxygens (including phenoxy) is 1. The molecule has 0 spiro atoms. The van der Waals surface area contributed by atoms with Crippen LogP contribution >= 0.6 is 11.6 Å². The molecule has 26 heavy (non-hydrogen) atoms. The minimum atomic E-state index is -0.102. The number of pyridine rings is 1. The largest absolute Gasteiger partial charge is 0.379 e. The Morgan fingerprint density at radius 2 is 2.12 bits per heavy atom. The van der Waals surface area contributed by atoms with Gasteiger partial charge in [-0.1, -0.05) is 23.7 Å². The number of hydrogen-bond acceptors (Lipinski definition) is 3. The highest BCUT2D eigenvalue weighted by molar-refractivity contribution is 6.35. The minimum absolute atomic E-state index is 0.0100. The van der Waals surface area contributed by atoms with Gasteiger partial charge in [0.1, 0.15) is 5.69 Å². The highest BCUT2D eigenvalue weighted by atomic mass is 35.5. The molecule has 0 aliphatic carbocycles. The summed E-state index contributed by atoms with van der Waals surface area (Å²) in [6, 6.07) is 11.6. The van der Waals surface area contributed by atoms with E-state index in [4.69, 9.17) is 16.3 Å². The summed E-state index contributed by atoms with van der Waals surface area (Å²) in [7, 11) is 1.86. The fourth-order valence-corrected chi connectivity index (χ4v) is 3.92. The molecule has 1 N–H and O–H groups in total. The summed E-state index contributed by atoms with van der Waals surface area (Å²) in [4.78, 5) is 16.9. The lowest BCUT2D eigenvalue weighted by molar-refractivity contribution is 0.0917. The van der Waals surface area contributed by atoms with Crippen molar-refractivity contribution in [3.8, 4) is 0 Å². The van der Waals surface area contributed by atoms with Crippen LogP contribution in [0.3, 0.4) is 0 Å². The third-order valence-corrected chi connectivity index (χ3v) is 5.31. The molecular formula is C20H20ClN3O2. The Bertz CT molecular complexity index is 939. The Hall–Kier alpha value is -2.37. The Morgan fingerprint density at radius 1 is 1.31 bits per heavy atom. The fraction of sp³-hybridized carbons (Fsp3) is 0.300. The predicted molar refractivity (Wildman–Crippen MR) is 101 cm³/mol. The molecule has 2 atom stereocenters. The SMILES string of the molecule is Cn1c(C(=O)N[C@@H]2COC[C@H]2Cc2ccncc2)cc2cccc(Cl)c21. The van der Waals surface area contributed by atoms with Crippen LogP contribution in [0.5, 0.6) is 0 Å². The van der Waals surface area contributed by atoms with Gasteiger partial charge in [-0.25, -0.2) is 0 Å². The second-order valence-corrected chi connectivity index (χ2v) is 7.11.